The van der Waals surface area contributed by atoms with Crippen molar-refractivity contribution in [3.8, 4) is 11.6 Å². The molecule has 0 N–H and O–H groups in total. The number of aryl methyl sites for hydroxylation is 1. The van der Waals surface area contributed by atoms with E-state index in [9.17, 15) is 4.79 Å². The van der Waals surface area contributed by atoms with Gasteiger partial charge in [-0.15, -0.1) is 0 Å². The molecule has 2 aliphatic heterocycles. The summed E-state index contributed by atoms with van der Waals surface area (Å²) in [5.74, 6) is 0.795. The van der Waals surface area contributed by atoms with Crippen molar-refractivity contribution in [1.82, 2.24) is 4.98 Å². The van der Waals surface area contributed by atoms with Crippen LogP contribution in [0.1, 0.15) is 38.0 Å². The van der Waals surface area contributed by atoms with Crippen LogP contribution in [0.5, 0.6) is 11.6 Å². The number of aromatic nitrogens is 1. The van der Waals surface area contributed by atoms with E-state index in [0.717, 1.165) is 27.8 Å². The van der Waals surface area contributed by atoms with Crippen molar-refractivity contribution in [2.45, 2.75) is 45.5 Å². The Morgan fingerprint density at radius 2 is 2.09 bits per heavy atom. The minimum atomic E-state index is -0.375. The van der Waals surface area contributed by atoms with Gasteiger partial charge in [-0.3, -0.25) is 4.79 Å². The fourth-order valence-electron chi connectivity index (χ4n) is 3.14. The molecule has 114 valence electrons. The average Bonchev–Trinajstić information content (AvgIpc) is 3.18. The SMILES string of the molecule is CC(=O)Oc1cc(C)c2cc3c(cc2n1)[C@H]1O[C@H]1C(C)(C)O3. The van der Waals surface area contributed by atoms with Crippen LogP contribution >= 0.6 is 0 Å². The summed E-state index contributed by atoms with van der Waals surface area (Å²) in [6, 6.07) is 5.75. The molecule has 0 spiro atoms. The van der Waals surface area contributed by atoms with Crippen molar-refractivity contribution < 1.29 is 19.0 Å². The molecule has 0 saturated carbocycles. The minimum Gasteiger partial charge on any atom is -0.485 e. The second-order valence-electron chi connectivity index (χ2n) is 6.46. The third-order valence-electron chi connectivity index (χ3n) is 4.23. The molecule has 2 aromatic rings. The van der Waals surface area contributed by atoms with Gasteiger partial charge in [0.1, 0.15) is 23.6 Å². The molecule has 0 radical (unpaired) electrons. The lowest BCUT2D eigenvalue weighted by Crippen LogP contribution is -2.37. The summed E-state index contributed by atoms with van der Waals surface area (Å²) in [4.78, 5) is 15.5. The fourth-order valence-corrected chi connectivity index (χ4v) is 3.14. The van der Waals surface area contributed by atoms with Crippen LogP contribution in [-0.4, -0.2) is 22.7 Å². The molecular formula is C17H17NO4. The topological polar surface area (TPSA) is 61.0 Å². The Morgan fingerprint density at radius 1 is 1.32 bits per heavy atom. The van der Waals surface area contributed by atoms with Crippen LogP contribution in [0.15, 0.2) is 18.2 Å². The number of hydrogen-bond acceptors (Lipinski definition) is 5. The Morgan fingerprint density at radius 3 is 2.82 bits per heavy atom. The van der Waals surface area contributed by atoms with E-state index in [1.54, 1.807) is 6.07 Å². The van der Waals surface area contributed by atoms with E-state index in [1.807, 2.05) is 32.9 Å². The first-order valence-electron chi connectivity index (χ1n) is 7.33. The van der Waals surface area contributed by atoms with Gasteiger partial charge in [0.15, 0.2) is 0 Å². The number of nitrogens with zero attached hydrogens (tertiary/aromatic N) is 1. The van der Waals surface area contributed by atoms with Crippen molar-refractivity contribution in [3.05, 3.63) is 29.3 Å². The molecule has 4 rings (SSSR count). The highest BCUT2D eigenvalue weighted by Crippen LogP contribution is 2.54. The van der Waals surface area contributed by atoms with E-state index in [0.29, 0.717) is 5.88 Å². The van der Waals surface area contributed by atoms with Crippen molar-refractivity contribution in [3.63, 3.8) is 0 Å². The predicted octanol–water partition coefficient (Wildman–Crippen LogP) is 3.08. The maximum atomic E-state index is 11.1. The number of pyridine rings is 1. The fraction of sp³-hybridized carbons (Fsp3) is 0.412. The third kappa shape index (κ3) is 1.96. The number of epoxide rings is 1. The Kier molecular flexibility index (Phi) is 2.58. The number of benzene rings is 1. The Hall–Kier alpha value is -2.14. The number of esters is 1. The quantitative estimate of drug-likeness (QED) is 0.598. The molecule has 0 unspecified atom stereocenters. The summed E-state index contributed by atoms with van der Waals surface area (Å²) in [5.41, 5.74) is 2.48. The van der Waals surface area contributed by atoms with Crippen LogP contribution in [0.25, 0.3) is 10.9 Å². The van der Waals surface area contributed by atoms with E-state index in [2.05, 4.69) is 4.98 Å². The molecular weight excluding hydrogens is 282 g/mol. The van der Waals surface area contributed by atoms with Crippen LogP contribution in [-0.2, 0) is 9.53 Å². The monoisotopic (exact) mass is 299 g/mol. The maximum absolute atomic E-state index is 11.1. The smallest absolute Gasteiger partial charge is 0.309 e. The number of fused-ring (bicyclic) bond motifs is 4. The second kappa shape index (κ2) is 4.20. The molecule has 2 atom stereocenters. The van der Waals surface area contributed by atoms with Crippen molar-refractivity contribution in [2.75, 3.05) is 0 Å². The largest absolute Gasteiger partial charge is 0.485 e. The van der Waals surface area contributed by atoms with Gasteiger partial charge in [0.25, 0.3) is 0 Å². The number of ether oxygens (including phenoxy) is 3. The zero-order valence-corrected chi connectivity index (χ0v) is 13.0. The molecule has 0 amide bonds. The van der Waals surface area contributed by atoms with Crippen LogP contribution < -0.4 is 9.47 Å². The van der Waals surface area contributed by atoms with Gasteiger partial charge in [-0.1, -0.05) is 0 Å². The molecule has 5 heteroatoms. The Labute approximate surface area is 128 Å². The first-order chi connectivity index (χ1) is 10.3. The average molecular weight is 299 g/mol. The number of carbonyl (C=O) groups excluding carboxylic acids is 1. The molecule has 5 nitrogen and oxygen atoms in total. The summed E-state index contributed by atoms with van der Waals surface area (Å²) < 4.78 is 17.0. The lowest BCUT2D eigenvalue weighted by atomic mass is 9.93. The van der Waals surface area contributed by atoms with Crippen LogP contribution in [0.3, 0.4) is 0 Å². The van der Waals surface area contributed by atoms with Crippen molar-refractivity contribution in [1.29, 1.82) is 0 Å². The molecule has 1 saturated heterocycles. The van der Waals surface area contributed by atoms with Gasteiger partial charge >= 0.3 is 5.97 Å². The van der Waals surface area contributed by atoms with Gasteiger partial charge < -0.3 is 14.2 Å². The Bertz CT molecular complexity index is 812. The second-order valence-corrected chi connectivity index (χ2v) is 6.46. The molecule has 3 heterocycles. The zero-order chi connectivity index (χ0) is 15.6. The number of carbonyl (C=O) groups is 1. The normalized spacial score (nSPS) is 24.2. The van der Waals surface area contributed by atoms with E-state index in [1.165, 1.54) is 6.92 Å². The highest BCUT2D eigenvalue weighted by molar-refractivity contribution is 5.86. The molecule has 22 heavy (non-hydrogen) atoms. The number of rotatable bonds is 1. The Balaban J connectivity index is 1.87. The lowest BCUT2D eigenvalue weighted by Gasteiger charge is -2.29. The highest BCUT2D eigenvalue weighted by atomic mass is 16.6. The molecule has 1 aromatic heterocycles. The van der Waals surface area contributed by atoms with Crippen molar-refractivity contribution >= 4 is 16.9 Å². The van der Waals surface area contributed by atoms with E-state index >= 15 is 0 Å². The molecule has 0 aliphatic carbocycles. The standard InChI is InChI=1S/C17H17NO4/c1-8-5-14(20-9(2)19)18-12-6-11-13(7-10(8)12)22-17(3,4)16-15(11)21-16/h5-7,15-16H,1-4H3/t15-,16-/m1/s1. The first kappa shape index (κ1) is 13.5. The molecule has 0 bridgehead atoms. The summed E-state index contributed by atoms with van der Waals surface area (Å²) in [6.45, 7) is 7.42. The summed E-state index contributed by atoms with van der Waals surface area (Å²) >= 11 is 0. The first-order valence-corrected chi connectivity index (χ1v) is 7.33. The predicted molar refractivity (Wildman–Crippen MR) is 80.1 cm³/mol. The lowest BCUT2D eigenvalue weighted by molar-refractivity contribution is -0.132. The molecule has 2 aliphatic rings. The van der Waals surface area contributed by atoms with Gasteiger partial charge in [0, 0.05) is 23.9 Å². The van der Waals surface area contributed by atoms with E-state index in [-0.39, 0.29) is 23.8 Å². The molecule has 1 fully saturated rings. The summed E-state index contributed by atoms with van der Waals surface area (Å²) in [7, 11) is 0. The number of hydrogen-bond donors (Lipinski definition) is 0. The third-order valence-corrected chi connectivity index (χ3v) is 4.23. The van der Waals surface area contributed by atoms with Crippen LogP contribution in [0.4, 0.5) is 0 Å². The van der Waals surface area contributed by atoms with E-state index < -0.39 is 0 Å². The summed E-state index contributed by atoms with van der Waals surface area (Å²) in [5, 5.41) is 0.990. The van der Waals surface area contributed by atoms with Gasteiger partial charge in [0.2, 0.25) is 5.88 Å². The van der Waals surface area contributed by atoms with Crippen LogP contribution in [0, 0.1) is 6.92 Å². The highest BCUT2D eigenvalue weighted by Gasteiger charge is 2.56. The van der Waals surface area contributed by atoms with Gasteiger partial charge in [-0.05, 0) is 38.5 Å². The minimum absolute atomic E-state index is 0.0719. The van der Waals surface area contributed by atoms with Gasteiger partial charge in [-0.25, -0.2) is 4.98 Å². The van der Waals surface area contributed by atoms with Gasteiger partial charge in [-0.2, -0.15) is 0 Å². The van der Waals surface area contributed by atoms with Crippen molar-refractivity contribution in [2.24, 2.45) is 0 Å². The maximum Gasteiger partial charge on any atom is 0.309 e. The molecule has 1 aromatic carbocycles. The van der Waals surface area contributed by atoms with Crippen LogP contribution in [0.2, 0.25) is 0 Å². The summed E-state index contributed by atoms with van der Waals surface area (Å²) in [6.07, 6.45) is 0.165. The van der Waals surface area contributed by atoms with E-state index in [4.69, 9.17) is 14.2 Å². The zero-order valence-electron chi connectivity index (χ0n) is 13.0. The van der Waals surface area contributed by atoms with Gasteiger partial charge in [0.05, 0.1) is 5.52 Å².